The third kappa shape index (κ3) is 3.26. The molecular formula is C18H21N5O2. The molecule has 1 unspecified atom stereocenters. The van der Waals surface area contributed by atoms with Crippen LogP contribution in [0, 0.1) is 5.92 Å². The Kier molecular flexibility index (Phi) is 3.99. The Morgan fingerprint density at radius 3 is 2.88 bits per heavy atom. The van der Waals surface area contributed by atoms with Crippen molar-refractivity contribution in [1.29, 1.82) is 0 Å². The van der Waals surface area contributed by atoms with Crippen LogP contribution in [0.4, 0.5) is 0 Å². The molecule has 1 atom stereocenters. The number of hydrogen-bond donors (Lipinski definition) is 1. The molecule has 3 aromatic rings. The third-order valence-corrected chi connectivity index (χ3v) is 4.53. The van der Waals surface area contributed by atoms with E-state index in [-0.39, 0.29) is 24.4 Å². The summed E-state index contributed by atoms with van der Waals surface area (Å²) in [5, 5.41) is 15.8. The summed E-state index contributed by atoms with van der Waals surface area (Å²) in [5.74, 6) is 2.02. The number of carbonyl (C=O) groups excluding carboxylic acids is 1. The first-order chi connectivity index (χ1) is 12.1. The maximum Gasteiger partial charge on any atom is 0.242 e. The van der Waals surface area contributed by atoms with Crippen molar-refractivity contribution >= 4 is 16.9 Å². The van der Waals surface area contributed by atoms with E-state index < -0.39 is 0 Å². The first kappa shape index (κ1) is 15.8. The summed E-state index contributed by atoms with van der Waals surface area (Å²) in [5.41, 5.74) is 0.847. The van der Waals surface area contributed by atoms with E-state index in [2.05, 4.69) is 20.8 Å². The SMILES string of the molecule is CC(C)c1nnnn1CC(=O)NC(c1cc2ccccc2o1)C1CC1. The van der Waals surface area contributed by atoms with Crippen LogP contribution in [0.2, 0.25) is 0 Å². The predicted molar refractivity (Wildman–Crippen MR) is 91.7 cm³/mol. The molecule has 0 bridgehead atoms. The topological polar surface area (TPSA) is 85.8 Å². The van der Waals surface area contributed by atoms with Gasteiger partial charge in [0.2, 0.25) is 5.91 Å². The lowest BCUT2D eigenvalue weighted by Crippen LogP contribution is -2.33. The molecule has 0 spiro atoms. The number of nitrogens with zero attached hydrogens (tertiary/aromatic N) is 4. The highest BCUT2D eigenvalue weighted by Crippen LogP contribution is 2.42. The van der Waals surface area contributed by atoms with Crippen molar-refractivity contribution in [2.75, 3.05) is 0 Å². The molecule has 1 aromatic carbocycles. The van der Waals surface area contributed by atoms with E-state index in [9.17, 15) is 4.79 Å². The van der Waals surface area contributed by atoms with Gasteiger partial charge in [-0.1, -0.05) is 32.0 Å². The van der Waals surface area contributed by atoms with Crippen LogP contribution in [-0.4, -0.2) is 26.1 Å². The van der Waals surface area contributed by atoms with E-state index in [0.717, 1.165) is 29.6 Å². The summed E-state index contributed by atoms with van der Waals surface area (Å²) in [6.45, 7) is 4.12. The first-order valence-corrected chi connectivity index (χ1v) is 8.65. The van der Waals surface area contributed by atoms with Crippen molar-refractivity contribution in [2.24, 2.45) is 5.92 Å². The molecule has 7 nitrogen and oxygen atoms in total. The average molecular weight is 339 g/mol. The summed E-state index contributed by atoms with van der Waals surface area (Å²) >= 11 is 0. The molecule has 1 N–H and O–H groups in total. The predicted octanol–water partition coefficient (Wildman–Crippen LogP) is 2.81. The van der Waals surface area contributed by atoms with Gasteiger partial charge in [0.25, 0.3) is 0 Å². The first-order valence-electron chi connectivity index (χ1n) is 8.65. The molecule has 2 aromatic heterocycles. The van der Waals surface area contributed by atoms with Gasteiger partial charge in [0.1, 0.15) is 17.9 Å². The molecule has 1 saturated carbocycles. The average Bonchev–Trinajstić information content (AvgIpc) is 3.16. The number of para-hydroxylation sites is 1. The van der Waals surface area contributed by atoms with Gasteiger partial charge in [0.05, 0.1) is 6.04 Å². The highest BCUT2D eigenvalue weighted by atomic mass is 16.3. The van der Waals surface area contributed by atoms with Crippen LogP contribution in [0.15, 0.2) is 34.7 Å². The maximum atomic E-state index is 12.5. The van der Waals surface area contributed by atoms with E-state index in [1.54, 1.807) is 4.68 Å². The van der Waals surface area contributed by atoms with E-state index in [1.165, 1.54) is 0 Å². The summed E-state index contributed by atoms with van der Waals surface area (Å²) < 4.78 is 7.53. The molecule has 7 heteroatoms. The van der Waals surface area contributed by atoms with Gasteiger partial charge in [-0.3, -0.25) is 4.79 Å². The number of carbonyl (C=O) groups is 1. The Hall–Kier alpha value is -2.70. The second-order valence-electron chi connectivity index (χ2n) is 6.92. The van der Waals surface area contributed by atoms with Crippen molar-refractivity contribution in [3.63, 3.8) is 0 Å². The van der Waals surface area contributed by atoms with Gasteiger partial charge < -0.3 is 9.73 Å². The molecule has 1 aliphatic rings. The zero-order valence-corrected chi connectivity index (χ0v) is 14.3. The molecule has 0 radical (unpaired) electrons. The quantitative estimate of drug-likeness (QED) is 0.746. The molecule has 2 heterocycles. The van der Waals surface area contributed by atoms with Crippen molar-refractivity contribution in [3.05, 3.63) is 41.9 Å². The zero-order valence-electron chi connectivity index (χ0n) is 14.3. The number of rotatable bonds is 6. The van der Waals surface area contributed by atoms with Crippen LogP contribution >= 0.6 is 0 Å². The zero-order chi connectivity index (χ0) is 17.4. The van der Waals surface area contributed by atoms with Crippen LogP contribution in [0.1, 0.15) is 50.2 Å². The lowest BCUT2D eigenvalue weighted by atomic mass is 10.1. The van der Waals surface area contributed by atoms with Gasteiger partial charge in [-0.05, 0) is 41.3 Å². The van der Waals surface area contributed by atoms with E-state index in [0.29, 0.717) is 11.7 Å². The highest BCUT2D eigenvalue weighted by Gasteiger charge is 2.35. The number of furan rings is 1. The van der Waals surface area contributed by atoms with Crippen LogP contribution in [0.25, 0.3) is 11.0 Å². The summed E-state index contributed by atoms with van der Waals surface area (Å²) in [6.07, 6.45) is 2.20. The molecule has 1 amide bonds. The molecule has 130 valence electrons. The van der Waals surface area contributed by atoms with Crippen LogP contribution in [-0.2, 0) is 11.3 Å². The third-order valence-electron chi connectivity index (χ3n) is 4.53. The standard InChI is InChI=1S/C18H21N5O2/c1-11(2)18-20-21-22-23(18)10-16(24)19-17(12-7-8-12)15-9-13-5-3-4-6-14(13)25-15/h3-6,9,11-12,17H,7-8,10H2,1-2H3,(H,19,24). The van der Waals surface area contributed by atoms with Gasteiger partial charge in [-0.15, -0.1) is 5.10 Å². The van der Waals surface area contributed by atoms with E-state index in [1.807, 2.05) is 44.2 Å². The Balaban J connectivity index is 1.52. The molecule has 1 aliphatic carbocycles. The number of hydrogen-bond acceptors (Lipinski definition) is 5. The normalized spacial score (nSPS) is 15.6. The van der Waals surface area contributed by atoms with Crippen LogP contribution < -0.4 is 5.32 Å². The fraction of sp³-hybridized carbons (Fsp3) is 0.444. The highest BCUT2D eigenvalue weighted by molar-refractivity contribution is 5.79. The molecule has 0 saturated heterocycles. The van der Waals surface area contributed by atoms with Crippen molar-refractivity contribution in [1.82, 2.24) is 25.5 Å². The molecule has 4 rings (SSSR count). The number of nitrogens with one attached hydrogen (secondary N) is 1. The smallest absolute Gasteiger partial charge is 0.242 e. The van der Waals surface area contributed by atoms with Crippen molar-refractivity contribution in [3.8, 4) is 0 Å². The molecular weight excluding hydrogens is 318 g/mol. The van der Waals surface area contributed by atoms with Crippen LogP contribution in [0.3, 0.4) is 0 Å². The maximum absolute atomic E-state index is 12.5. The molecule has 0 aliphatic heterocycles. The monoisotopic (exact) mass is 339 g/mol. The minimum absolute atomic E-state index is 0.0983. The lowest BCUT2D eigenvalue weighted by molar-refractivity contribution is -0.123. The Labute approximate surface area is 145 Å². The number of benzene rings is 1. The Bertz CT molecular complexity index is 861. The van der Waals surface area contributed by atoms with Gasteiger partial charge in [0.15, 0.2) is 5.82 Å². The summed E-state index contributed by atoms with van der Waals surface area (Å²) in [6, 6.07) is 9.82. The van der Waals surface area contributed by atoms with Gasteiger partial charge in [-0.25, -0.2) is 4.68 Å². The fourth-order valence-corrected chi connectivity index (χ4v) is 3.10. The second-order valence-corrected chi connectivity index (χ2v) is 6.92. The largest absolute Gasteiger partial charge is 0.459 e. The van der Waals surface area contributed by atoms with E-state index >= 15 is 0 Å². The minimum Gasteiger partial charge on any atom is -0.459 e. The number of tetrazole rings is 1. The van der Waals surface area contributed by atoms with Crippen molar-refractivity contribution in [2.45, 2.75) is 45.2 Å². The van der Waals surface area contributed by atoms with Crippen LogP contribution in [0.5, 0.6) is 0 Å². The lowest BCUT2D eigenvalue weighted by Gasteiger charge is -2.16. The molecule has 25 heavy (non-hydrogen) atoms. The Morgan fingerprint density at radius 2 is 2.16 bits per heavy atom. The minimum atomic E-state index is -0.105. The summed E-state index contributed by atoms with van der Waals surface area (Å²) in [7, 11) is 0. The van der Waals surface area contributed by atoms with E-state index in [4.69, 9.17) is 4.42 Å². The number of fused-ring (bicyclic) bond motifs is 1. The molecule has 1 fully saturated rings. The van der Waals surface area contributed by atoms with Gasteiger partial charge in [-0.2, -0.15) is 0 Å². The van der Waals surface area contributed by atoms with Gasteiger partial charge in [0, 0.05) is 11.3 Å². The number of aromatic nitrogens is 4. The fourth-order valence-electron chi connectivity index (χ4n) is 3.10. The second kappa shape index (κ2) is 6.31. The number of amides is 1. The van der Waals surface area contributed by atoms with Gasteiger partial charge >= 0.3 is 0 Å². The Morgan fingerprint density at radius 1 is 1.36 bits per heavy atom. The summed E-state index contributed by atoms with van der Waals surface area (Å²) in [4.78, 5) is 12.5. The van der Waals surface area contributed by atoms with Crippen molar-refractivity contribution < 1.29 is 9.21 Å².